The van der Waals surface area contributed by atoms with Gasteiger partial charge in [0.1, 0.15) is 24.2 Å². The van der Waals surface area contributed by atoms with E-state index < -0.39 is 60.2 Å². The fraction of sp³-hybridized carbons (Fsp3) is 0.476. The van der Waals surface area contributed by atoms with Crippen LogP contribution in [0.15, 0.2) is 128 Å². The first-order valence-electron chi connectivity index (χ1n) is 29.4. The van der Waals surface area contributed by atoms with Gasteiger partial charge in [0.2, 0.25) is 41.4 Å². The second-order valence-electron chi connectivity index (χ2n) is 22.4. The molecule has 434 valence electrons. The van der Waals surface area contributed by atoms with Crippen molar-refractivity contribution >= 4 is 41.4 Å². The smallest absolute Gasteiger partial charge is 0.246 e. The van der Waals surface area contributed by atoms with Crippen LogP contribution in [0.3, 0.4) is 0 Å². The SMILES string of the molecule is CC[C@H](NC)C(=O)NC1C(=O)N2C(CCC1CNC(=O)CCc1cn(CC3CCC4CCC(C(=O)NC(c5ccccc5)c5ccccc5)N4C(=O)C3NC(=O)[C@H](CC)NC)nn1)CCC2C(=O)NC(c1ccccc1)c1ccccc1. The van der Waals surface area contributed by atoms with Gasteiger partial charge in [-0.25, -0.2) is 0 Å². The Bertz CT molecular complexity index is 2880. The number of fused-ring (bicyclic) bond motifs is 2. The minimum atomic E-state index is -0.992. The number of rotatable bonds is 23. The van der Waals surface area contributed by atoms with Crippen LogP contribution in [-0.4, -0.2) is 135 Å². The first-order valence-corrected chi connectivity index (χ1v) is 29.4. The molecule has 7 N–H and O–H groups in total. The average Bonchev–Trinajstić information content (AvgIpc) is 4.23. The van der Waals surface area contributed by atoms with Crippen molar-refractivity contribution in [3.8, 4) is 0 Å². The minimum Gasteiger partial charge on any atom is -0.356 e. The minimum absolute atomic E-state index is 0.0631. The van der Waals surface area contributed by atoms with E-state index in [0.29, 0.717) is 69.9 Å². The van der Waals surface area contributed by atoms with Crippen molar-refractivity contribution in [2.24, 2.45) is 11.8 Å². The number of carbonyl (C=O) groups is 7. The number of likely N-dealkylation sites (N-methyl/N-ethyl adjacent to an activating group) is 2. The Kier molecular flexibility index (Phi) is 20.0. The van der Waals surface area contributed by atoms with Crippen LogP contribution < -0.4 is 37.2 Å². The van der Waals surface area contributed by atoms with Gasteiger partial charge in [-0.15, -0.1) is 5.10 Å². The highest BCUT2D eigenvalue weighted by Gasteiger charge is 2.50. The molecule has 19 heteroatoms. The summed E-state index contributed by atoms with van der Waals surface area (Å²) in [6.07, 6.45) is 7.65. The average molecular weight is 1120 g/mol. The lowest BCUT2D eigenvalue weighted by molar-refractivity contribution is -0.144. The molecule has 4 aromatic carbocycles. The standard InChI is InChI=1S/C63H80N12O7/c1-5-49(64-3)58(77)69-56-44(27-30-47-32-34-51(74(47)62(56)81)60(79)67-54(40-19-11-7-12-20-40)41-21-13-8-14-22-41)37-66-53(76)36-29-46-39-73(72-71-46)38-45-28-31-48-33-35-52(75(48)63(82)57(45)70-59(78)50(6-2)65-4)61(80)68-55(42-23-15-9-16-24-42)43-25-17-10-18-26-43/h7-26,39,44-45,47-52,54-57,64-65H,5-6,27-38H2,1-4H3,(H,66,76)(H,67,79)(H,68,80)(H,69,77)(H,70,78)/t44?,45?,47?,48?,49-,50-,51?,52?,56?,57?/m0/s1. The number of hydrogen-bond acceptors (Lipinski definition) is 11. The lowest BCUT2D eigenvalue weighted by atomic mass is 9.92. The Hall–Kier alpha value is -7.77. The second kappa shape index (κ2) is 27.8. The molecule has 0 spiro atoms. The quantitative estimate of drug-likeness (QED) is 0.0476. The summed E-state index contributed by atoms with van der Waals surface area (Å²) in [6.45, 7) is 4.16. The molecule has 9 rings (SSSR count). The Morgan fingerprint density at radius 2 is 0.951 bits per heavy atom. The third-order valence-corrected chi connectivity index (χ3v) is 17.4. The molecule has 1 aromatic heterocycles. The van der Waals surface area contributed by atoms with Crippen LogP contribution in [0.4, 0.5) is 0 Å². The number of nitrogens with zero attached hydrogens (tertiary/aromatic N) is 5. The van der Waals surface area contributed by atoms with E-state index in [9.17, 15) is 28.8 Å². The summed E-state index contributed by atoms with van der Waals surface area (Å²) in [4.78, 5) is 103. The van der Waals surface area contributed by atoms with Crippen molar-refractivity contribution in [3.63, 3.8) is 0 Å². The summed E-state index contributed by atoms with van der Waals surface area (Å²) < 4.78 is 1.66. The van der Waals surface area contributed by atoms with Crippen molar-refractivity contribution < 1.29 is 33.6 Å². The van der Waals surface area contributed by atoms with Gasteiger partial charge in [-0.3, -0.25) is 38.2 Å². The van der Waals surface area contributed by atoms with Crippen molar-refractivity contribution in [3.05, 3.63) is 155 Å². The second-order valence-corrected chi connectivity index (χ2v) is 22.4. The van der Waals surface area contributed by atoms with E-state index in [1.54, 1.807) is 34.8 Å². The molecular weight excluding hydrogens is 1040 g/mol. The summed E-state index contributed by atoms with van der Waals surface area (Å²) >= 11 is 0. The summed E-state index contributed by atoms with van der Waals surface area (Å²) in [7, 11) is 3.41. The molecule has 0 radical (unpaired) electrons. The van der Waals surface area contributed by atoms with Crippen LogP contribution in [0, 0.1) is 11.8 Å². The molecule has 10 atom stereocenters. The molecule has 19 nitrogen and oxygen atoms in total. The predicted molar refractivity (Wildman–Crippen MR) is 310 cm³/mol. The number of benzene rings is 4. The summed E-state index contributed by atoms with van der Waals surface area (Å²) in [5.74, 6) is -2.90. The van der Waals surface area contributed by atoms with Gasteiger partial charge in [0, 0.05) is 56.0 Å². The zero-order valence-corrected chi connectivity index (χ0v) is 47.5. The lowest BCUT2D eigenvalue weighted by Gasteiger charge is -2.33. The van der Waals surface area contributed by atoms with Gasteiger partial charge in [0.25, 0.3) is 0 Å². The molecule has 82 heavy (non-hydrogen) atoms. The number of hydrogen-bond donors (Lipinski definition) is 7. The van der Waals surface area contributed by atoms with E-state index >= 15 is 4.79 Å². The maximum atomic E-state index is 15.0. The predicted octanol–water partition coefficient (Wildman–Crippen LogP) is 4.64. The third-order valence-electron chi connectivity index (χ3n) is 17.4. The number of nitrogens with one attached hydrogen (secondary N) is 7. The maximum absolute atomic E-state index is 15.0. The van der Waals surface area contributed by atoms with E-state index in [4.69, 9.17) is 0 Å². The molecule has 4 aliphatic heterocycles. The van der Waals surface area contributed by atoms with Gasteiger partial charge in [-0.1, -0.05) is 140 Å². The van der Waals surface area contributed by atoms with E-state index in [1.165, 1.54) is 0 Å². The Labute approximate surface area is 480 Å². The van der Waals surface area contributed by atoms with Crippen LogP contribution in [0.2, 0.25) is 0 Å². The molecule has 4 aliphatic rings. The van der Waals surface area contributed by atoms with Crippen molar-refractivity contribution in [1.29, 1.82) is 0 Å². The van der Waals surface area contributed by atoms with E-state index in [2.05, 4.69) is 47.5 Å². The Morgan fingerprint density at radius 1 is 0.549 bits per heavy atom. The van der Waals surface area contributed by atoms with Gasteiger partial charge in [0.15, 0.2) is 0 Å². The zero-order chi connectivity index (χ0) is 57.7. The molecule has 4 fully saturated rings. The maximum Gasteiger partial charge on any atom is 0.246 e. The van der Waals surface area contributed by atoms with E-state index in [1.807, 2.05) is 135 Å². The molecule has 0 bridgehead atoms. The van der Waals surface area contributed by atoms with E-state index in [-0.39, 0.29) is 79.4 Å². The molecule has 0 saturated carbocycles. The monoisotopic (exact) mass is 1120 g/mol. The van der Waals surface area contributed by atoms with Crippen molar-refractivity contribution in [1.82, 2.24) is 62.0 Å². The van der Waals surface area contributed by atoms with Gasteiger partial charge < -0.3 is 47.0 Å². The Balaban J connectivity index is 0.849. The summed E-state index contributed by atoms with van der Waals surface area (Å²) in [5, 5.41) is 30.7. The highest BCUT2D eigenvalue weighted by molar-refractivity contribution is 5.95. The molecule has 0 aliphatic carbocycles. The highest BCUT2D eigenvalue weighted by atomic mass is 16.2. The van der Waals surface area contributed by atoms with Crippen LogP contribution in [0.1, 0.15) is 125 Å². The molecule has 5 aromatic rings. The zero-order valence-electron chi connectivity index (χ0n) is 47.5. The first-order chi connectivity index (χ1) is 39.9. The molecule has 4 saturated heterocycles. The topological polar surface area (TPSA) is 241 Å². The fourth-order valence-corrected chi connectivity index (χ4v) is 12.8. The van der Waals surface area contributed by atoms with Gasteiger partial charge in [-0.2, -0.15) is 0 Å². The number of carbonyl (C=O) groups excluding carboxylic acids is 7. The van der Waals surface area contributed by atoms with Gasteiger partial charge >= 0.3 is 0 Å². The van der Waals surface area contributed by atoms with Crippen LogP contribution in [0.5, 0.6) is 0 Å². The number of amides is 7. The van der Waals surface area contributed by atoms with Crippen LogP contribution in [-0.2, 0) is 46.5 Å². The molecule has 5 heterocycles. The normalized spacial score (nSPS) is 23.2. The summed E-state index contributed by atoms with van der Waals surface area (Å²) in [6, 6.07) is 33.2. The van der Waals surface area contributed by atoms with Crippen LogP contribution >= 0.6 is 0 Å². The number of aryl methyl sites for hydroxylation is 1. The lowest BCUT2D eigenvalue weighted by Crippen LogP contribution is -2.59. The van der Waals surface area contributed by atoms with Crippen molar-refractivity contribution in [2.75, 3.05) is 20.6 Å². The highest BCUT2D eigenvalue weighted by Crippen LogP contribution is 2.37. The Morgan fingerprint density at radius 3 is 1.37 bits per heavy atom. The van der Waals surface area contributed by atoms with Crippen molar-refractivity contribution in [2.45, 2.75) is 158 Å². The summed E-state index contributed by atoms with van der Waals surface area (Å²) in [5.41, 5.74) is 4.22. The number of aromatic nitrogens is 3. The third kappa shape index (κ3) is 13.8. The largest absolute Gasteiger partial charge is 0.356 e. The first kappa shape index (κ1) is 58.9. The fourth-order valence-electron chi connectivity index (χ4n) is 12.8. The van der Waals surface area contributed by atoms with Gasteiger partial charge in [0.05, 0.1) is 29.9 Å². The van der Waals surface area contributed by atoms with E-state index in [0.717, 1.165) is 22.3 Å². The van der Waals surface area contributed by atoms with Gasteiger partial charge in [-0.05, 0) is 101 Å². The molecule has 8 unspecified atom stereocenters. The molecular formula is C63H80N12O7. The van der Waals surface area contributed by atoms with Crippen LogP contribution in [0.25, 0.3) is 0 Å². The molecule has 7 amide bonds.